The lowest BCUT2D eigenvalue weighted by atomic mass is 10.1. The van der Waals surface area contributed by atoms with Crippen molar-refractivity contribution in [2.24, 2.45) is 0 Å². The minimum absolute atomic E-state index is 0.504. The van der Waals surface area contributed by atoms with Gasteiger partial charge in [0.15, 0.2) is 0 Å². The Morgan fingerprint density at radius 3 is 1.73 bits per heavy atom. The number of anilines is 4. The van der Waals surface area contributed by atoms with Gasteiger partial charge in [-0.05, 0) is 93.8 Å². The van der Waals surface area contributed by atoms with Gasteiger partial charge in [0, 0.05) is 56.8 Å². The molecule has 0 bridgehead atoms. The second kappa shape index (κ2) is 12.1. The summed E-state index contributed by atoms with van der Waals surface area (Å²) in [6.45, 7) is 11.0. The Bertz CT molecular complexity index is 1400. The molecule has 0 saturated carbocycles. The molecule has 0 amide bonds. The molecule has 3 nitrogen and oxygen atoms in total. The van der Waals surface area contributed by atoms with E-state index in [4.69, 9.17) is 11.6 Å². The van der Waals surface area contributed by atoms with Crippen LogP contribution in [0.1, 0.15) is 32.3 Å². The maximum Gasteiger partial charge on any atom is 0.0567 e. The Labute approximate surface area is 252 Å². The van der Waals surface area contributed by atoms with Crippen LogP contribution < -0.4 is 9.80 Å². The molecule has 40 heavy (non-hydrogen) atoms. The molecule has 0 saturated heterocycles. The van der Waals surface area contributed by atoms with Crippen LogP contribution in [-0.4, -0.2) is 37.1 Å². The van der Waals surface area contributed by atoms with E-state index in [1.807, 2.05) is 29.6 Å². The average molecular weight is 586 g/mol. The number of nitrogens with zero attached hydrogens (tertiary/aromatic N) is 3. The predicted octanol–water partition coefficient (Wildman–Crippen LogP) is 10.0. The molecular weight excluding hydrogens is 550 g/mol. The molecule has 0 radical (unpaired) electrons. The lowest BCUT2D eigenvalue weighted by Crippen LogP contribution is -2.36. The summed E-state index contributed by atoms with van der Waals surface area (Å²) in [7, 11) is 0. The highest BCUT2D eigenvalue weighted by atomic mass is 35.5. The summed E-state index contributed by atoms with van der Waals surface area (Å²) in [4.78, 5) is 12.9. The maximum atomic E-state index is 6.44. The van der Waals surface area contributed by atoms with Gasteiger partial charge in [-0.15, -0.1) is 0 Å². The Morgan fingerprint density at radius 1 is 0.650 bits per heavy atom. The standard InChI is InChI=1S/C34H36ClN3S2/c1-24(2)36(18-8-20-37-27-10-4-6-12-31(27)39-33-16-14-25(3)22-29(33)37)19-9-21-38-28-11-5-7-13-32(28)40-34-17-15-26(35)23-30(34)38/h4-7,10-17,22-24H,8-9,18-21H2,1-3H3. The molecule has 6 rings (SSSR count). The third-order valence-electron chi connectivity index (χ3n) is 7.75. The smallest absolute Gasteiger partial charge is 0.0567 e. The number of aryl methyl sites for hydroxylation is 1. The number of hydrogen-bond acceptors (Lipinski definition) is 5. The van der Waals surface area contributed by atoms with Gasteiger partial charge < -0.3 is 14.7 Å². The van der Waals surface area contributed by atoms with Crippen molar-refractivity contribution in [1.82, 2.24) is 4.90 Å². The number of halogens is 1. The van der Waals surface area contributed by atoms with Gasteiger partial charge in [-0.1, -0.05) is 65.5 Å². The topological polar surface area (TPSA) is 9.72 Å². The Hall–Kier alpha value is -2.57. The molecule has 6 heteroatoms. The summed E-state index contributed by atoms with van der Waals surface area (Å²) in [5, 5.41) is 0.794. The van der Waals surface area contributed by atoms with Gasteiger partial charge in [0.2, 0.25) is 0 Å². The molecule has 0 aromatic heterocycles. The van der Waals surface area contributed by atoms with Crippen molar-refractivity contribution in [3.05, 3.63) is 95.5 Å². The Kier molecular flexibility index (Phi) is 8.36. The lowest BCUT2D eigenvalue weighted by molar-refractivity contribution is 0.219. The molecule has 4 aromatic rings. The van der Waals surface area contributed by atoms with Gasteiger partial charge in [0.05, 0.1) is 22.7 Å². The molecular formula is C34H36ClN3S2. The van der Waals surface area contributed by atoms with Crippen LogP contribution in [0, 0.1) is 6.92 Å². The number of para-hydroxylation sites is 2. The monoisotopic (exact) mass is 585 g/mol. The highest BCUT2D eigenvalue weighted by molar-refractivity contribution is 8.00. The number of rotatable bonds is 9. The van der Waals surface area contributed by atoms with Gasteiger partial charge in [0.25, 0.3) is 0 Å². The second-order valence-electron chi connectivity index (χ2n) is 10.9. The Morgan fingerprint density at radius 2 is 1.15 bits per heavy atom. The van der Waals surface area contributed by atoms with E-state index in [-0.39, 0.29) is 0 Å². The zero-order valence-corrected chi connectivity index (χ0v) is 25.8. The summed E-state index contributed by atoms with van der Waals surface area (Å²) in [6, 6.07) is 31.2. The fraction of sp³-hybridized carbons (Fsp3) is 0.294. The van der Waals surface area contributed by atoms with Crippen LogP contribution in [0.15, 0.2) is 105 Å². The summed E-state index contributed by atoms with van der Waals surface area (Å²) < 4.78 is 0. The first kappa shape index (κ1) is 27.6. The van der Waals surface area contributed by atoms with Crippen molar-refractivity contribution in [2.75, 3.05) is 36.0 Å². The van der Waals surface area contributed by atoms with Gasteiger partial charge in [-0.3, -0.25) is 0 Å². The fourth-order valence-electron chi connectivity index (χ4n) is 5.72. The van der Waals surface area contributed by atoms with E-state index in [9.17, 15) is 0 Å². The van der Waals surface area contributed by atoms with Crippen molar-refractivity contribution < 1.29 is 0 Å². The van der Waals surface area contributed by atoms with Gasteiger partial charge in [-0.2, -0.15) is 0 Å². The number of fused-ring (bicyclic) bond motifs is 4. The van der Waals surface area contributed by atoms with E-state index < -0.39 is 0 Å². The average Bonchev–Trinajstić information content (AvgIpc) is 2.95. The summed E-state index contributed by atoms with van der Waals surface area (Å²) in [5.41, 5.74) is 6.50. The molecule has 206 valence electrons. The van der Waals surface area contributed by atoms with Crippen LogP contribution >= 0.6 is 35.1 Å². The zero-order valence-electron chi connectivity index (χ0n) is 23.4. The van der Waals surface area contributed by atoms with Gasteiger partial charge in [-0.25, -0.2) is 0 Å². The van der Waals surface area contributed by atoms with E-state index in [0.29, 0.717) is 6.04 Å². The third kappa shape index (κ3) is 5.75. The molecule has 2 aliphatic rings. The van der Waals surface area contributed by atoms with Crippen LogP contribution in [-0.2, 0) is 0 Å². The van der Waals surface area contributed by atoms with Crippen molar-refractivity contribution in [3.8, 4) is 0 Å². The van der Waals surface area contributed by atoms with Crippen LogP contribution in [0.5, 0.6) is 0 Å². The summed E-state index contributed by atoms with van der Waals surface area (Å²) in [6.07, 6.45) is 2.21. The molecule has 0 unspecified atom stereocenters. The van der Waals surface area contributed by atoms with E-state index in [1.165, 1.54) is 47.9 Å². The minimum Gasteiger partial charge on any atom is -0.340 e. The Balaban J connectivity index is 1.12. The minimum atomic E-state index is 0.504. The van der Waals surface area contributed by atoms with Crippen LogP contribution in [0.4, 0.5) is 22.7 Å². The maximum absolute atomic E-state index is 6.44. The van der Waals surface area contributed by atoms with Crippen molar-refractivity contribution in [1.29, 1.82) is 0 Å². The molecule has 0 aliphatic carbocycles. The van der Waals surface area contributed by atoms with Crippen molar-refractivity contribution in [3.63, 3.8) is 0 Å². The van der Waals surface area contributed by atoms with Crippen molar-refractivity contribution >= 4 is 57.9 Å². The first-order valence-corrected chi connectivity index (χ1v) is 16.2. The molecule has 2 aliphatic heterocycles. The van der Waals surface area contributed by atoms with E-state index >= 15 is 0 Å². The molecule has 0 N–H and O–H groups in total. The molecule has 0 atom stereocenters. The quantitative estimate of drug-likeness (QED) is 0.193. The lowest BCUT2D eigenvalue weighted by Gasteiger charge is -2.35. The fourth-order valence-corrected chi connectivity index (χ4v) is 8.03. The molecule has 0 fully saturated rings. The van der Waals surface area contributed by atoms with Crippen LogP contribution in [0.3, 0.4) is 0 Å². The summed E-state index contributed by atoms with van der Waals surface area (Å²) >= 11 is 10.2. The van der Waals surface area contributed by atoms with E-state index in [2.05, 4.69) is 114 Å². The zero-order chi connectivity index (χ0) is 27.6. The highest BCUT2D eigenvalue weighted by Crippen LogP contribution is 2.49. The number of benzene rings is 4. The molecule has 0 spiro atoms. The second-order valence-corrected chi connectivity index (χ2v) is 13.5. The highest BCUT2D eigenvalue weighted by Gasteiger charge is 2.25. The largest absolute Gasteiger partial charge is 0.340 e. The van der Waals surface area contributed by atoms with E-state index in [1.54, 1.807) is 0 Å². The van der Waals surface area contributed by atoms with Crippen molar-refractivity contribution in [2.45, 2.75) is 59.2 Å². The van der Waals surface area contributed by atoms with Gasteiger partial charge in [0.1, 0.15) is 0 Å². The van der Waals surface area contributed by atoms with Crippen LogP contribution in [0.25, 0.3) is 0 Å². The number of hydrogen-bond donors (Lipinski definition) is 0. The summed E-state index contributed by atoms with van der Waals surface area (Å²) in [5.74, 6) is 0. The third-order valence-corrected chi connectivity index (χ3v) is 10.2. The van der Waals surface area contributed by atoms with Crippen LogP contribution in [0.2, 0.25) is 5.02 Å². The first-order chi connectivity index (χ1) is 19.5. The molecule has 2 heterocycles. The van der Waals surface area contributed by atoms with E-state index in [0.717, 1.165) is 44.0 Å². The predicted molar refractivity (Wildman–Crippen MR) is 174 cm³/mol. The van der Waals surface area contributed by atoms with Gasteiger partial charge >= 0.3 is 0 Å². The molecule has 4 aromatic carbocycles. The normalized spacial score (nSPS) is 13.8. The first-order valence-electron chi connectivity index (χ1n) is 14.2. The SMILES string of the molecule is Cc1ccc2c(c1)N(CCCN(CCCN1c3ccccc3Sc3ccc(Cl)cc31)C(C)C)c1ccccc1S2.